The van der Waals surface area contributed by atoms with Crippen LogP contribution in [-0.2, 0) is 10.0 Å². The minimum Gasteiger partial charge on any atom is -0.494 e. The number of ether oxygens (including phenoxy) is 1. The van der Waals surface area contributed by atoms with Crippen molar-refractivity contribution in [1.82, 2.24) is 0 Å². The van der Waals surface area contributed by atoms with Gasteiger partial charge in [0.2, 0.25) is 10.0 Å². The lowest BCUT2D eigenvalue weighted by Gasteiger charge is -2.20. The van der Waals surface area contributed by atoms with Crippen LogP contribution in [-0.4, -0.2) is 33.7 Å². The molecule has 1 fully saturated rings. The van der Waals surface area contributed by atoms with Crippen LogP contribution in [0, 0.1) is 5.82 Å². The van der Waals surface area contributed by atoms with E-state index in [1.165, 1.54) is 35.7 Å². The molecule has 1 amide bonds. The second-order valence-electron chi connectivity index (χ2n) is 5.56. The summed E-state index contributed by atoms with van der Waals surface area (Å²) in [6, 6.07) is 10.3. The first kappa shape index (κ1) is 17.2. The molecule has 0 spiro atoms. The Bertz CT molecular complexity index is 915. The number of carbonyl (C=O) groups excluding carboxylic acids is 1. The van der Waals surface area contributed by atoms with Crippen molar-refractivity contribution in [2.24, 2.45) is 0 Å². The van der Waals surface area contributed by atoms with E-state index < -0.39 is 21.7 Å². The number of sulfonamides is 1. The van der Waals surface area contributed by atoms with Gasteiger partial charge in [0.25, 0.3) is 5.91 Å². The third-order valence-electron chi connectivity index (χ3n) is 3.92. The molecule has 1 heterocycles. The molecule has 1 aliphatic heterocycles. The van der Waals surface area contributed by atoms with Gasteiger partial charge in [0, 0.05) is 18.3 Å². The van der Waals surface area contributed by atoms with E-state index in [4.69, 9.17) is 4.74 Å². The van der Waals surface area contributed by atoms with Crippen LogP contribution in [0.3, 0.4) is 0 Å². The molecule has 3 rings (SSSR count). The number of nitrogens with zero attached hydrogens (tertiary/aromatic N) is 1. The maximum absolute atomic E-state index is 13.7. The Labute approximate surface area is 145 Å². The van der Waals surface area contributed by atoms with Gasteiger partial charge in [0.05, 0.1) is 24.1 Å². The number of hydrogen-bond donors (Lipinski definition) is 1. The van der Waals surface area contributed by atoms with Gasteiger partial charge in [-0.25, -0.2) is 12.8 Å². The second kappa shape index (κ2) is 6.72. The number of rotatable bonds is 4. The van der Waals surface area contributed by atoms with E-state index in [2.05, 4.69) is 5.32 Å². The highest BCUT2D eigenvalue weighted by atomic mass is 32.2. The fourth-order valence-corrected chi connectivity index (χ4v) is 4.29. The molecule has 0 aliphatic carbocycles. The second-order valence-corrected chi connectivity index (χ2v) is 7.58. The fourth-order valence-electron chi connectivity index (χ4n) is 2.72. The Morgan fingerprint density at radius 3 is 2.64 bits per heavy atom. The highest BCUT2D eigenvalue weighted by Gasteiger charge is 2.30. The number of anilines is 2. The van der Waals surface area contributed by atoms with Crippen LogP contribution in [0.5, 0.6) is 5.75 Å². The summed E-state index contributed by atoms with van der Waals surface area (Å²) in [5.74, 6) is -0.799. The standard InChI is InChI=1S/C17H17FN2O4S/c1-24-16-11-12(19-17(21)13-5-2-3-6-14(13)18)7-8-15(16)20-9-4-10-25(20,22)23/h2-3,5-8,11H,4,9-10H2,1H3,(H,19,21). The third kappa shape index (κ3) is 3.43. The van der Waals surface area contributed by atoms with Crippen LogP contribution in [0.1, 0.15) is 16.8 Å². The summed E-state index contributed by atoms with van der Waals surface area (Å²) in [5, 5.41) is 2.59. The monoisotopic (exact) mass is 364 g/mol. The predicted molar refractivity (Wildman–Crippen MR) is 93.1 cm³/mol. The Hall–Kier alpha value is -2.61. The Balaban J connectivity index is 1.87. The van der Waals surface area contributed by atoms with Crippen LogP contribution in [0.4, 0.5) is 15.8 Å². The van der Waals surface area contributed by atoms with E-state index in [1.807, 2.05) is 0 Å². The summed E-state index contributed by atoms with van der Waals surface area (Å²) in [6.45, 7) is 0.389. The molecule has 0 saturated carbocycles. The van der Waals surface area contributed by atoms with Crippen molar-refractivity contribution in [2.45, 2.75) is 6.42 Å². The quantitative estimate of drug-likeness (QED) is 0.905. The van der Waals surface area contributed by atoms with Gasteiger partial charge in [-0.05, 0) is 30.7 Å². The topological polar surface area (TPSA) is 75.7 Å². The van der Waals surface area contributed by atoms with Crippen molar-refractivity contribution in [3.63, 3.8) is 0 Å². The molecule has 1 saturated heterocycles. The number of methoxy groups -OCH3 is 1. The first-order valence-corrected chi connectivity index (χ1v) is 9.27. The average Bonchev–Trinajstić information content (AvgIpc) is 2.94. The number of nitrogens with one attached hydrogen (secondary N) is 1. The van der Waals surface area contributed by atoms with Gasteiger partial charge in [-0.1, -0.05) is 12.1 Å². The smallest absolute Gasteiger partial charge is 0.258 e. The third-order valence-corrected chi connectivity index (χ3v) is 5.78. The molecule has 6 nitrogen and oxygen atoms in total. The van der Waals surface area contributed by atoms with Crippen molar-refractivity contribution in [3.05, 3.63) is 53.8 Å². The summed E-state index contributed by atoms with van der Waals surface area (Å²) in [6.07, 6.45) is 0.553. The zero-order valence-electron chi connectivity index (χ0n) is 13.5. The molecule has 0 radical (unpaired) electrons. The number of halogens is 1. The molecule has 132 valence electrons. The number of benzene rings is 2. The van der Waals surface area contributed by atoms with Gasteiger partial charge in [0.15, 0.2) is 0 Å². The molecule has 0 bridgehead atoms. The molecule has 0 atom stereocenters. The molecular formula is C17H17FN2O4S. The van der Waals surface area contributed by atoms with E-state index in [1.54, 1.807) is 18.2 Å². The molecule has 0 aromatic heterocycles. The average molecular weight is 364 g/mol. The highest BCUT2D eigenvalue weighted by Crippen LogP contribution is 2.35. The zero-order chi connectivity index (χ0) is 18.0. The van der Waals surface area contributed by atoms with Gasteiger partial charge in [-0.2, -0.15) is 0 Å². The summed E-state index contributed by atoms with van der Waals surface area (Å²) in [5.41, 5.74) is 0.724. The maximum atomic E-state index is 13.7. The largest absolute Gasteiger partial charge is 0.494 e. The molecule has 2 aromatic carbocycles. The van der Waals surface area contributed by atoms with Gasteiger partial charge in [-0.15, -0.1) is 0 Å². The molecule has 8 heteroatoms. The van der Waals surface area contributed by atoms with Crippen LogP contribution in [0.2, 0.25) is 0 Å². The summed E-state index contributed by atoms with van der Waals surface area (Å²) >= 11 is 0. The Morgan fingerprint density at radius 1 is 1.24 bits per heavy atom. The maximum Gasteiger partial charge on any atom is 0.258 e. The summed E-state index contributed by atoms with van der Waals surface area (Å²) < 4.78 is 44.4. The van der Waals surface area contributed by atoms with Crippen molar-refractivity contribution in [2.75, 3.05) is 29.0 Å². The first-order valence-electron chi connectivity index (χ1n) is 7.67. The highest BCUT2D eigenvalue weighted by molar-refractivity contribution is 7.93. The fraction of sp³-hybridized carbons (Fsp3) is 0.235. The van der Waals surface area contributed by atoms with Gasteiger partial charge < -0.3 is 10.1 Å². The van der Waals surface area contributed by atoms with Crippen LogP contribution >= 0.6 is 0 Å². The Morgan fingerprint density at radius 2 is 2.00 bits per heavy atom. The van der Waals surface area contributed by atoms with Crippen LogP contribution in [0.25, 0.3) is 0 Å². The number of amides is 1. The van der Waals surface area contributed by atoms with E-state index in [9.17, 15) is 17.6 Å². The zero-order valence-corrected chi connectivity index (χ0v) is 14.3. The van der Waals surface area contributed by atoms with Crippen molar-refractivity contribution in [3.8, 4) is 5.75 Å². The molecule has 0 unspecified atom stereocenters. The van der Waals surface area contributed by atoms with E-state index in [-0.39, 0.29) is 11.3 Å². The molecular weight excluding hydrogens is 347 g/mol. The minimum atomic E-state index is -3.34. The van der Waals surface area contributed by atoms with Crippen LogP contribution < -0.4 is 14.4 Å². The van der Waals surface area contributed by atoms with E-state index in [0.29, 0.717) is 30.1 Å². The molecule has 25 heavy (non-hydrogen) atoms. The lowest BCUT2D eigenvalue weighted by Crippen LogP contribution is -2.25. The SMILES string of the molecule is COc1cc(NC(=O)c2ccccc2F)ccc1N1CCCS1(=O)=O. The molecule has 1 N–H and O–H groups in total. The van der Waals surface area contributed by atoms with Gasteiger partial charge in [0.1, 0.15) is 11.6 Å². The van der Waals surface area contributed by atoms with Gasteiger partial charge in [-0.3, -0.25) is 9.10 Å². The predicted octanol–water partition coefficient (Wildman–Crippen LogP) is 2.63. The van der Waals surface area contributed by atoms with Crippen molar-refractivity contribution in [1.29, 1.82) is 0 Å². The number of hydrogen-bond acceptors (Lipinski definition) is 4. The van der Waals surface area contributed by atoms with Crippen molar-refractivity contribution >= 4 is 27.3 Å². The summed E-state index contributed by atoms with van der Waals surface area (Å²) in [7, 11) is -1.92. The van der Waals surface area contributed by atoms with Crippen molar-refractivity contribution < 1.29 is 22.3 Å². The van der Waals surface area contributed by atoms with Crippen LogP contribution in [0.15, 0.2) is 42.5 Å². The van der Waals surface area contributed by atoms with Gasteiger partial charge >= 0.3 is 0 Å². The van der Waals surface area contributed by atoms with E-state index in [0.717, 1.165) is 0 Å². The van der Waals surface area contributed by atoms with E-state index >= 15 is 0 Å². The molecule has 1 aliphatic rings. The molecule has 2 aromatic rings. The lowest BCUT2D eigenvalue weighted by atomic mass is 10.2. The number of carbonyl (C=O) groups is 1. The Kier molecular flexibility index (Phi) is 4.63. The minimum absolute atomic E-state index is 0.0762. The normalized spacial score (nSPS) is 15.8. The first-order chi connectivity index (χ1) is 11.9. The summed E-state index contributed by atoms with van der Waals surface area (Å²) in [4.78, 5) is 12.2. The lowest BCUT2D eigenvalue weighted by molar-refractivity contribution is 0.102.